The first-order valence-corrected chi connectivity index (χ1v) is 7.68. The van der Waals surface area contributed by atoms with Gasteiger partial charge in [0.05, 0.1) is 0 Å². The third kappa shape index (κ3) is 5.26. The van der Waals surface area contributed by atoms with Gasteiger partial charge in [0, 0.05) is 0 Å². The fraction of sp³-hybridized carbons (Fsp3) is 1.00. The Morgan fingerprint density at radius 3 is 2.75 bits per heavy atom. The SMILES string of the molecule is C[SiH](CCCI)O[SiH3]. The van der Waals surface area contributed by atoms with E-state index in [1.807, 2.05) is 0 Å². The van der Waals surface area contributed by atoms with E-state index in [-0.39, 0.29) is 0 Å². The van der Waals surface area contributed by atoms with Crippen molar-refractivity contribution in [1.29, 1.82) is 0 Å². The molecular formula is C4H13IOSi2. The van der Waals surface area contributed by atoms with Crippen LogP contribution >= 0.6 is 22.6 Å². The lowest BCUT2D eigenvalue weighted by Crippen LogP contribution is -2.10. The lowest BCUT2D eigenvalue weighted by molar-refractivity contribution is 0.633. The van der Waals surface area contributed by atoms with Crippen LogP contribution in [0.1, 0.15) is 6.42 Å². The summed E-state index contributed by atoms with van der Waals surface area (Å²) in [7, 11) is 0.307. The molecule has 0 N–H and O–H groups in total. The quantitative estimate of drug-likeness (QED) is 0.405. The van der Waals surface area contributed by atoms with Crippen LogP contribution in [0.2, 0.25) is 12.6 Å². The summed E-state index contributed by atoms with van der Waals surface area (Å²) in [6, 6.07) is 1.37. The molecule has 0 aliphatic heterocycles. The van der Waals surface area contributed by atoms with Gasteiger partial charge in [-0.05, 0) is 23.4 Å². The molecule has 0 aromatic carbocycles. The van der Waals surface area contributed by atoms with Crippen LogP contribution in [0.4, 0.5) is 0 Å². The molecule has 1 atom stereocenters. The molecule has 0 rings (SSSR count). The lowest BCUT2D eigenvalue weighted by atomic mass is 10.6. The van der Waals surface area contributed by atoms with Crippen molar-refractivity contribution < 1.29 is 4.12 Å². The van der Waals surface area contributed by atoms with E-state index in [1.165, 1.54) is 16.9 Å². The first-order chi connectivity index (χ1) is 3.81. The van der Waals surface area contributed by atoms with Crippen molar-refractivity contribution in [3.05, 3.63) is 0 Å². The van der Waals surface area contributed by atoms with E-state index in [2.05, 4.69) is 29.1 Å². The highest BCUT2D eigenvalue weighted by molar-refractivity contribution is 14.1. The van der Waals surface area contributed by atoms with Crippen LogP contribution in [0.5, 0.6) is 0 Å². The van der Waals surface area contributed by atoms with Gasteiger partial charge in [0.1, 0.15) is 10.5 Å². The van der Waals surface area contributed by atoms with E-state index >= 15 is 0 Å². The van der Waals surface area contributed by atoms with Crippen LogP contribution in [-0.4, -0.2) is 24.0 Å². The van der Waals surface area contributed by atoms with Crippen LogP contribution in [0.15, 0.2) is 0 Å². The fourth-order valence-corrected chi connectivity index (χ4v) is 3.48. The molecule has 0 saturated carbocycles. The molecule has 50 valence electrons. The summed E-state index contributed by atoms with van der Waals surface area (Å²) in [5.74, 6) is 0. The van der Waals surface area contributed by atoms with Gasteiger partial charge >= 0.3 is 0 Å². The molecule has 0 saturated heterocycles. The van der Waals surface area contributed by atoms with Gasteiger partial charge in [0.25, 0.3) is 0 Å². The maximum absolute atomic E-state index is 5.33. The van der Waals surface area contributed by atoms with Crippen LogP contribution in [-0.2, 0) is 4.12 Å². The number of hydrogen-bond donors (Lipinski definition) is 0. The molecule has 1 unspecified atom stereocenters. The standard InChI is InChI=1S/C4H13IOSi2/c1-8(6-7)4-2-3-5/h8H,2-4H2,1,7H3. The molecule has 0 spiro atoms. The Morgan fingerprint density at radius 2 is 2.38 bits per heavy atom. The van der Waals surface area contributed by atoms with Crippen LogP contribution in [0, 0.1) is 0 Å². The highest BCUT2D eigenvalue weighted by Crippen LogP contribution is 1.99. The number of rotatable bonds is 4. The minimum absolute atomic E-state index is 0.642. The maximum atomic E-state index is 5.33. The molecular weight excluding hydrogens is 247 g/mol. The van der Waals surface area contributed by atoms with Gasteiger partial charge in [-0.1, -0.05) is 22.6 Å². The van der Waals surface area contributed by atoms with Crippen molar-refractivity contribution in [3.63, 3.8) is 0 Å². The Morgan fingerprint density at radius 1 is 1.75 bits per heavy atom. The highest BCUT2D eigenvalue weighted by Gasteiger charge is 1.98. The molecule has 0 aromatic heterocycles. The summed E-state index contributed by atoms with van der Waals surface area (Å²) in [6.45, 7) is 2.28. The predicted octanol–water partition coefficient (Wildman–Crippen LogP) is 0.462. The molecule has 0 radical (unpaired) electrons. The first kappa shape index (κ1) is 9.12. The average Bonchev–Trinajstić information content (AvgIpc) is 1.83. The third-order valence-electron chi connectivity index (χ3n) is 1.15. The Hall–Kier alpha value is 1.12. The van der Waals surface area contributed by atoms with Gasteiger partial charge in [-0.2, -0.15) is 0 Å². The van der Waals surface area contributed by atoms with E-state index in [0.29, 0.717) is 0 Å². The average molecular weight is 260 g/mol. The smallest absolute Gasteiger partial charge is 0.159 e. The second kappa shape index (κ2) is 6.25. The van der Waals surface area contributed by atoms with Gasteiger partial charge in [-0.25, -0.2) is 0 Å². The number of alkyl halides is 1. The van der Waals surface area contributed by atoms with Gasteiger partial charge < -0.3 is 4.12 Å². The van der Waals surface area contributed by atoms with Gasteiger partial charge in [-0.3, -0.25) is 0 Å². The number of halogens is 1. The fourth-order valence-electron chi connectivity index (χ4n) is 0.482. The summed E-state index contributed by atoms with van der Waals surface area (Å²) in [6.07, 6.45) is 1.36. The third-order valence-corrected chi connectivity index (χ3v) is 6.35. The number of hydrogen-bond acceptors (Lipinski definition) is 1. The molecule has 8 heavy (non-hydrogen) atoms. The van der Waals surface area contributed by atoms with E-state index in [0.717, 1.165) is 10.5 Å². The zero-order chi connectivity index (χ0) is 6.41. The second-order valence-corrected chi connectivity index (χ2v) is 7.04. The Bertz CT molecular complexity index is 53.3. The summed E-state index contributed by atoms with van der Waals surface area (Å²) in [5.41, 5.74) is 0. The van der Waals surface area contributed by atoms with Crippen LogP contribution < -0.4 is 0 Å². The largest absolute Gasteiger partial charge is 0.466 e. The summed E-state index contributed by atoms with van der Waals surface area (Å²) in [5, 5.41) is 0. The normalized spacial score (nSPS) is 14.2. The maximum Gasteiger partial charge on any atom is 0.159 e. The Kier molecular flexibility index (Phi) is 7.12. The zero-order valence-corrected chi connectivity index (χ0v) is 10.8. The van der Waals surface area contributed by atoms with Crippen molar-refractivity contribution in [1.82, 2.24) is 0 Å². The molecule has 0 fully saturated rings. The minimum atomic E-state index is -0.642. The molecule has 4 heteroatoms. The van der Waals surface area contributed by atoms with Crippen molar-refractivity contribution >= 4 is 42.1 Å². The Balaban J connectivity index is 2.86. The van der Waals surface area contributed by atoms with Crippen LogP contribution in [0.3, 0.4) is 0 Å². The summed E-state index contributed by atoms with van der Waals surface area (Å²) >= 11 is 2.42. The predicted molar refractivity (Wildman–Crippen MR) is 52.3 cm³/mol. The molecule has 0 aromatic rings. The first-order valence-electron chi connectivity index (χ1n) is 2.90. The molecule has 0 aliphatic carbocycles. The topological polar surface area (TPSA) is 9.23 Å². The van der Waals surface area contributed by atoms with Gasteiger partial charge in [0.15, 0.2) is 9.04 Å². The van der Waals surface area contributed by atoms with E-state index < -0.39 is 9.04 Å². The molecule has 1 nitrogen and oxygen atoms in total. The van der Waals surface area contributed by atoms with Crippen molar-refractivity contribution in [2.75, 3.05) is 4.43 Å². The van der Waals surface area contributed by atoms with Crippen molar-refractivity contribution in [2.24, 2.45) is 0 Å². The highest BCUT2D eigenvalue weighted by atomic mass is 127. The minimum Gasteiger partial charge on any atom is -0.466 e. The molecule has 0 heterocycles. The molecule has 0 bridgehead atoms. The summed E-state index contributed by atoms with van der Waals surface area (Å²) in [4.78, 5) is 0. The molecule has 0 aliphatic rings. The lowest BCUT2D eigenvalue weighted by Gasteiger charge is -2.04. The molecule has 0 amide bonds. The van der Waals surface area contributed by atoms with Gasteiger partial charge in [0.2, 0.25) is 0 Å². The summed E-state index contributed by atoms with van der Waals surface area (Å²) < 4.78 is 6.62. The van der Waals surface area contributed by atoms with E-state index in [9.17, 15) is 0 Å². The monoisotopic (exact) mass is 260 g/mol. The van der Waals surface area contributed by atoms with E-state index in [4.69, 9.17) is 4.12 Å². The second-order valence-electron chi connectivity index (χ2n) is 1.88. The zero-order valence-electron chi connectivity index (χ0n) is 5.48. The Labute approximate surface area is 69.6 Å². The van der Waals surface area contributed by atoms with Crippen molar-refractivity contribution in [3.8, 4) is 0 Å². The van der Waals surface area contributed by atoms with Gasteiger partial charge in [-0.15, -0.1) is 0 Å². The van der Waals surface area contributed by atoms with Crippen molar-refractivity contribution in [2.45, 2.75) is 19.0 Å². The van der Waals surface area contributed by atoms with E-state index in [1.54, 1.807) is 0 Å². The van der Waals surface area contributed by atoms with Crippen LogP contribution in [0.25, 0.3) is 0 Å².